The van der Waals surface area contributed by atoms with Crippen LogP contribution in [0.25, 0.3) is 0 Å². The fourth-order valence-electron chi connectivity index (χ4n) is 0.924. The Morgan fingerprint density at radius 2 is 2.08 bits per heavy atom. The Labute approximate surface area is 77.8 Å². The highest BCUT2D eigenvalue weighted by Crippen LogP contribution is 2.18. The van der Waals surface area contributed by atoms with Gasteiger partial charge in [-0.1, -0.05) is 0 Å². The van der Waals surface area contributed by atoms with Crippen LogP contribution in [0, 0.1) is 11.6 Å². The zero-order chi connectivity index (χ0) is 10.0. The lowest BCUT2D eigenvalue weighted by Crippen LogP contribution is -2.05. The molecular formula is C8H5ClF2O2. The van der Waals surface area contributed by atoms with Crippen molar-refractivity contribution in [3.05, 3.63) is 34.9 Å². The van der Waals surface area contributed by atoms with Crippen LogP contribution in [0.5, 0.6) is 0 Å². The number of halogens is 3. The molecule has 1 N–H and O–H groups in total. The van der Waals surface area contributed by atoms with Crippen LogP contribution in [0.2, 0.25) is 0 Å². The number of carboxylic acids is 1. The number of benzene rings is 1. The molecule has 0 aliphatic rings. The van der Waals surface area contributed by atoms with E-state index in [-0.39, 0.29) is 17.0 Å². The van der Waals surface area contributed by atoms with Crippen molar-refractivity contribution in [3.63, 3.8) is 0 Å². The Balaban J connectivity index is 3.38. The maximum Gasteiger partial charge on any atom is 0.336 e. The second-order valence-electron chi connectivity index (χ2n) is 2.33. The predicted molar refractivity (Wildman–Crippen MR) is 42.9 cm³/mol. The van der Waals surface area contributed by atoms with Gasteiger partial charge in [0, 0.05) is 5.56 Å². The number of carboxylic acid groups (broad SMARTS) is 1. The van der Waals surface area contributed by atoms with Gasteiger partial charge in [-0.05, 0) is 12.1 Å². The first-order chi connectivity index (χ1) is 6.07. The second kappa shape index (κ2) is 3.70. The molecule has 0 radical (unpaired) electrons. The standard InChI is InChI=1S/C8H5ClF2O2/c9-3-5-4(8(12)13)1-2-6(10)7(5)11/h1-2H,3H2,(H,12,13). The zero-order valence-corrected chi connectivity index (χ0v) is 7.11. The van der Waals surface area contributed by atoms with E-state index in [0.717, 1.165) is 12.1 Å². The minimum atomic E-state index is -1.32. The zero-order valence-electron chi connectivity index (χ0n) is 6.35. The molecule has 1 aromatic carbocycles. The number of carbonyl (C=O) groups is 1. The summed E-state index contributed by atoms with van der Waals surface area (Å²) >= 11 is 5.28. The van der Waals surface area contributed by atoms with Crippen LogP contribution in [-0.4, -0.2) is 11.1 Å². The van der Waals surface area contributed by atoms with Crippen LogP contribution in [-0.2, 0) is 5.88 Å². The van der Waals surface area contributed by atoms with Crippen molar-refractivity contribution in [2.45, 2.75) is 5.88 Å². The Morgan fingerprint density at radius 1 is 1.46 bits per heavy atom. The summed E-state index contributed by atoms with van der Waals surface area (Å²) in [5, 5.41) is 8.56. The third-order valence-corrected chi connectivity index (χ3v) is 1.83. The maximum atomic E-state index is 12.9. The van der Waals surface area contributed by atoms with Gasteiger partial charge in [-0.25, -0.2) is 13.6 Å². The van der Waals surface area contributed by atoms with Crippen molar-refractivity contribution >= 4 is 17.6 Å². The van der Waals surface area contributed by atoms with Crippen molar-refractivity contribution < 1.29 is 18.7 Å². The van der Waals surface area contributed by atoms with E-state index < -0.39 is 17.6 Å². The Kier molecular flexibility index (Phi) is 2.83. The first-order valence-corrected chi connectivity index (χ1v) is 3.87. The molecule has 0 amide bonds. The number of hydrogen-bond acceptors (Lipinski definition) is 1. The van der Waals surface area contributed by atoms with Crippen LogP contribution in [0.4, 0.5) is 8.78 Å². The summed E-state index contributed by atoms with van der Waals surface area (Å²) < 4.78 is 25.5. The molecule has 0 fully saturated rings. The molecule has 70 valence electrons. The predicted octanol–water partition coefficient (Wildman–Crippen LogP) is 2.40. The molecule has 0 atom stereocenters. The molecule has 0 aliphatic carbocycles. The van der Waals surface area contributed by atoms with Crippen LogP contribution < -0.4 is 0 Å². The lowest BCUT2D eigenvalue weighted by Gasteiger charge is -2.03. The fourth-order valence-corrected chi connectivity index (χ4v) is 1.18. The third-order valence-electron chi connectivity index (χ3n) is 1.56. The average molecular weight is 207 g/mol. The molecule has 2 nitrogen and oxygen atoms in total. The van der Waals surface area contributed by atoms with Crippen molar-refractivity contribution in [3.8, 4) is 0 Å². The molecule has 0 unspecified atom stereocenters. The van der Waals surface area contributed by atoms with Crippen molar-refractivity contribution in [2.75, 3.05) is 0 Å². The highest BCUT2D eigenvalue weighted by Gasteiger charge is 2.16. The van der Waals surface area contributed by atoms with Gasteiger partial charge in [0.1, 0.15) is 0 Å². The molecule has 0 spiro atoms. The van der Waals surface area contributed by atoms with Gasteiger partial charge < -0.3 is 5.11 Å². The molecule has 0 aromatic heterocycles. The van der Waals surface area contributed by atoms with Gasteiger partial charge in [0.15, 0.2) is 11.6 Å². The minimum absolute atomic E-state index is 0.311. The highest BCUT2D eigenvalue weighted by molar-refractivity contribution is 6.17. The molecule has 13 heavy (non-hydrogen) atoms. The van der Waals surface area contributed by atoms with Crippen LogP contribution in [0.1, 0.15) is 15.9 Å². The number of hydrogen-bond donors (Lipinski definition) is 1. The van der Waals surface area contributed by atoms with Crippen molar-refractivity contribution in [1.29, 1.82) is 0 Å². The van der Waals surface area contributed by atoms with Crippen LogP contribution in [0.3, 0.4) is 0 Å². The van der Waals surface area contributed by atoms with E-state index in [4.69, 9.17) is 16.7 Å². The minimum Gasteiger partial charge on any atom is -0.478 e. The summed E-state index contributed by atoms with van der Waals surface area (Å²) in [6.45, 7) is 0. The van der Waals surface area contributed by atoms with Crippen LogP contribution in [0.15, 0.2) is 12.1 Å². The summed E-state index contributed by atoms with van der Waals surface area (Å²) in [4.78, 5) is 10.5. The quantitative estimate of drug-likeness (QED) is 0.755. The van der Waals surface area contributed by atoms with Gasteiger partial charge >= 0.3 is 5.97 Å². The molecular weight excluding hydrogens is 202 g/mol. The summed E-state index contributed by atoms with van der Waals surface area (Å²) in [6.07, 6.45) is 0. The SMILES string of the molecule is O=C(O)c1ccc(F)c(F)c1CCl. The molecule has 0 saturated carbocycles. The number of alkyl halides is 1. The van der Waals surface area contributed by atoms with Gasteiger partial charge in [0.25, 0.3) is 0 Å². The molecule has 1 rings (SSSR count). The summed E-state index contributed by atoms with van der Waals surface area (Å²) in [5.74, 6) is -3.99. The van der Waals surface area contributed by atoms with Gasteiger partial charge in [-0.2, -0.15) is 0 Å². The topological polar surface area (TPSA) is 37.3 Å². The molecule has 1 aromatic rings. The van der Waals surface area contributed by atoms with E-state index in [1.165, 1.54) is 0 Å². The van der Waals surface area contributed by atoms with E-state index in [9.17, 15) is 13.6 Å². The molecule has 5 heteroatoms. The van der Waals surface area contributed by atoms with Crippen LogP contribution >= 0.6 is 11.6 Å². The third kappa shape index (κ3) is 1.78. The number of rotatable bonds is 2. The first-order valence-electron chi connectivity index (χ1n) is 3.34. The molecule has 0 bridgehead atoms. The normalized spacial score (nSPS) is 10.1. The van der Waals surface area contributed by atoms with E-state index in [1.807, 2.05) is 0 Å². The van der Waals surface area contributed by atoms with Gasteiger partial charge in [0.05, 0.1) is 11.4 Å². The lowest BCUT2D eigenvalue weighted by molar-refractivity contribution is 0.0695. The molecule has 0 heterocycles. The second-order valence-corrected chi connectivity index (χ2v) is 2.59. The van der Waals surface area contributed by atoms with E-state index in [2.05, 4.69) is 0 Å². The summed E-state index contributed by atoms with van der Waals surface area (Å²) in [6, 6.07) is 1.74. The van der Waals surface area contributed by atoms with Gasteiger partial charge in [0.2, 0.25) is 0 Å². The van der Waals surface area contributed by atoms with Gasteiger partial charge in [-0.15, -0.1) is 11.6 Å². The lowest BCUT2D eigenvalue weighted by atomic mass is 10.1. The van der Waals surface area contributed by atoms with Gasteiger partial charge in [-0.3, -0.25) is 0 Å². The Bertz CT molecular complexity index is 352. The average Bonchev–Trinajstić information content (AvgIpc) is 2.09. The molecule has 0 saturated heterocycles. The Hall–Kier alpha value is -1.16. The van der Waals surface area contributed by atoms with E-state index in [1.54, 1.807) is 0 Å². The van der Waals surface area contributed by atoms with E-state index >= 15 is 0 Å². The summed E-state index contributed by atoms with van der Waals surface area (Å²) in [5.41, 5.74) is -0.636. The molecule has 0 aliphatic heterocycles. The monoisotopic (exact) mass is 206 g/mol. The maximum absolute atomic E-state index is 12.9. The summed E-state index contributed by atoms with van der Waals surface area (Å²) in [7, 11) is 0. The fraction of sp³-hybridized carbons (Fsp3) is 0.125. The Morgan fingerprint density at radius 3 is 2.54 bits per heavy atom. The highest BCUT2D eigenvalue weighted by atomic mass is 35.5. The first kappa shape index (κ1) is 9.92. The van der Waals surface area contributed by atoms with Crippen molar-refractivity contribution in [1.82, 2.24) is 0 Å². The largest absolute Gasteiger partial charge is 0.478 e. The van der Waals surface area contributed by atoms with E-state index in [0.29, 0.717) is 0 Å². The smallest absolute Gasteiger partial charge is 0.336 e. The van der Waals surface area contributed by atoms with Crippen molar-refractivity contribution in [2.24, 2.45) is 0 Å². The number of aromatic carboxylic acids is 1.